The molecule has 96 valence electrons. The van der Waals surface area contributed by atoms with Crippen molar-refractivity contribution in [1.29, 1.82) is 0 Å². The third-order valence-electron chi connectivity index (χ3n) is 2.76. The SMILES string of the molecule is CC(C)(C)c1noc(CC(N)c2ccccc2)n1. The first-order valence-corrected chi connectivity index (χ1v) is 6.10. The maximum absolute atomic E-state index is 6.12. The molecule has 2 N–H and O–H groups in total. The van der Waals surface area contributed by atoms with Crippen molar-refractivity contribution in [2.24, 2.45) is 5.73 Å². The summed E-state index contributed by atoms with van der Waals surface area (Å²) in [6, 6.07) is 9.82. The van der Waals surface area contributed by atoms with Crippen LogP contribution >= 0.6 is 0 Å². The van der Waals surface area contributed by atoms with Crippen LogP contribution < -0.4 is 5.73 Å². The fourth-order valence-electron chi connectivity index (χ4n) is 1.65. The van der Waals surface area contributed by atoms with E-state index in [1.165, 1.54) is 0 Å². The van der Waals surface area contributed by atoms with Crippen LogP contribution in [0.2, 0.25) is 0 Å². The van der Waals surface area contributed by atoms with Gasteiger partial charge in [-0.05, 0) is 5.56 Å². The lowest BCUT2D eigenvalue weighted by atomic mass is 9.96. The van der Waals surface area contributed by atoms with Crippen molar-refractivity contribution < 1.29 is 4.52 Å². The van der Waals surface area contributed by atoms with Crippen LogP contribution in [-0.2, 0) is 11.8 Å². The van der Waals surface area contributed by atoms with Gasteiger partial charge in [0.05, 0.1) is 0 Å². The van der Waals surface area contributed by atoms with Gasteiger partial charge in [-0.25, -0.2) is 0 Å². The Morgan fingerprint density at radius 3 is 2.44 bits per heavy atom. The van der Waals surface area contributed by atoms with Crippen LogP contribution in [-0.4, -0.2) is 10.1 Å². The van der Waals surface area contributed by atoms with Crippen molar-refractivity contribution in [1.82, 2.24) is 10.1 Å². The van der Waals surface area contributed by atoms with E-state index >= 15 is 0 Å². The van der Waals surface area contributed by atoms with Crippen molar-refractivity contribution in [2.75, 3.05) is 0 Å². The first kappa shape index (κ1) is 12.8. The molecule has 1 aromatic heterocycles. The van der Waals surface area contributed by atoms with Crippen molar-refractivity contribution in [3.63, 3.8) is 0 Å². The predicted octanol–water partition coefficient (Wildman–Crippen LogP) is 2.61. The Morgan fingerprint density at radius 2 is 1.89 bits per heavy atom. The Kier molecular flexibility index (Phi) is 3.48. The second-order valence-corrected chi connectivity index (χ2v) is 5.48. The van der Waals surface area contributed by atoms with E-state index in [1.54, 1.807) is 0 Å². The highest BCUT2D eigenvalue weighted by Crippen LogP contribution is 2.20. The van der Waals surface area contributed by atoms with E-state index in [0.717, 1.165) is 11.4 Å². The molecular formula is C14H19N3O. The molecule has 0 spiro atoms. The number of nitrogens with zero attached hydrogens (tertiary/aromatic N) is 2. The lowest BCUT2D eigenvalue weighted by Crippen LogP contribution is -2.15. The van der Waals surface area contributed by atoms with E-state index < -0.39 is 0 Å². The smallest absolute Gasteiger partial charge is 0.228 e. The number of aromatic nitrogens is 2. The molecule has 0 saturated heterocycles. The molecule has 0 aliphatic carbocycles. The molecule has 2 rings (SSSR count). The maximum Gasteiger partial charge on any atom is 0.228 e. The predicted molar refractivity (Wildman–Crippen MR) is 70.1 cm³/mol. The van der Waals surface area contributed by atoms with Crippen LogP contribution in [0.25, 0.3) is 0 Å². The summed E-state index contributed by atoms with van der Waals surface area (Å²) in [5, 5.41) is 3.99. The summed E-state index contributed by atoms with van der Waals surface area (Å²) in [6.07, 6.45) is 0.563. The molecule has 0 amide bonds. The molecule has 2 aromatic rings. The van der Waals surface area contributed by atoms with Crippen LogP contribution in [0, 0.1) is 0 Å². The minimum Gasteiger partial charge on any atom is -0.339 e. The lowest BCUT2D eigenvalue weighted by molar-refractivity contribution is 0.356. The highest BCUT2D eigenvalue weighted by Gasteiger charge is 2.21. The highest BCUT2D eigenvalue weighted by atomic mass is 16.5. The lowest BCUT2D eigenvalue weighted by Gasteiger charge is -2.11. The average Bonchev–Trinajstić information content (AvgIpc) is 2.78. The van der Waals surface area contributed by atoms with Gasteiger partial charge in [-0.3, -0.25) is 0 Å². The minimum absolute atomic E-state index is 0.0986. The average molecular weight is 245 g/mol. The van der Waals surface area contributed by atoms with Gasteiger partial charge in [0.2, 0.25) is 5.89 Å². The fourth-order valence-corrected chi connectivity index (χ4v) is 1.65. The van der Waals surface area contributed by atoms with Crippen LogP contribution in [0.3, 0.4) is 0 Å². The summed E-state index contributed by atoms with van der Waals surface area (Å²) >= 11 is 0. The minimum atomic E-state index is -0.112. The van der Waals surface area contributed by atoms with Crippen molar-refractivity contribution in [3.8, 4) is 0 Å². The Bertz CT molecular complexity index is 499. The van der Waals surface area contributed by atoms with Crippen molar-refractivity contribution >= 4 is 0 Å². The Labute approximate surface area is 107 Å². The third-order valence-corrected chi connectivity index (χ3v) is 2.76. The van der Waals surface area contributed by atoms with E-state index in [4.69, 9.17) is 10.3 Å². The van der Waals surface area contributed by atoms with Gasteiger partial charge < -0.3 is 10.3 Å². The third kappa shape index (κ3) is 2.96. The number of benzene rings is 1. The molecule has 0 radical (unpaired) electrons. The van der Waals surface area contributed by atoms with E-state index in [2.05, 4.69) is 30.9 Å². The van der Waals surface area contributed by atoms with Gasteiger partial charge in [0.1, 0.15) is 0 Å². The van der Waals surface area contributed by atoms with Gasteiger partial charge in [0.25, 0.3) is 0 Å². The molecule has 0 bridgehead atoms. The summed E-state index contributed by atoms with van der Waals surface area (Å²) in [5.41, 5.74) is 7.10. The van der Waals surface area contributed by atoms with E-state index in [0.29, 0.717) is 12.3 Å². The fraction of sp³-hybridized carbons (Fsp3) is 0.429. The zero-order chi connectivity index (χ0) is 13.2. The zero-order valence-corrected chi connectivity index (χ0v) is 11.1. The summed E-state index contributed by atoms with van der Waals surface area (Å²) in [7, 11) is 0. The summed E-state index contributed by atoms with van der Waals surface area (Å²) < 4.78 is 5.24. The molecule has 0 aliphatic rings. The molecule has 1 unspecified atom stereocenters. The van der Waals surface area contributed by atoms with Crippen LogP contribution in [0.15, 0.2) is 34.9 Å². The molecule has 0 saturated carbocycles. The van der Waals surface area contributed by atoms with Gasteiger partial charge in [-0.1, -0.05) is 56.3 Å². The van der Waals surface area contributed by atoms with E-state index in [1.807, 2.05) is 30.3 Å². The standard InChI is InChI=1S/C14H19N3O/c1-14(2,3)13-16-12(18-17-13)9-11(15)10-7-5-4-6-8-10/h4-8,11H,9,15H2,1-3H3. The van der Waals surface area contributed by atoms with Crippen molar-refractivity contribution in [3.05, 3.63) is 47.6 Å². The van der Waals surface area contributed by atoms with Crippen LogP contribution in [0.5, 0.6) is 0 Å². The quantitative estimate of drug-likeness (QED) is 0.902. The van der Waals surface area contributed by atoms with Gasteiger partial charge >= 0.3 is 0 Å². The van der Waals surface area contributed by atoms with Gasteiger partial charge in [0, 0.05) is 17.9 Å². The van der Waals surface area contributed by atoms with Crippen LogP contribution in [0.4, 0.5) is 0 Å². The van der Waals surface area contributed by atoms with Gasteiger partial charge in [0.15, 0.2) is 5.82 Å². The Hall–Kier alpha value is -1.68. The summed E-state index contributed by atoms with van der Waals surface area (Å²) in [4.78, 5) is 4.39. The second-order valence-electron chi connectivity index (χ2n) is 5.48. The van der Waals surface area contributed by atoms with Crippen molar-refractivity contribution in [2.45, 2.75) is 38.6 Å². The molecule has 4 nitrogen and oxygen atoms in total. The normalized spacial score (nSPS) is 13.6. The number of rotatable bonds is 3. The maximum atomic E-state index is 6.12. The number of hydrogen-bond donors (Lipinski definition) is 1. The summed E-state index contributed by atoms with van der Waals surface area (Å²) in [5.74, 6) is 1.31. The first-order chi connectivity index (χ1) is 8.47. The molecule has 0 fully saturated rings. The number of hydrogen-bond acceptors (Lipinski definition) is 4. The Morgan fingerprint density at radius 1 is 1.22 bits per heavy atom. The summed E-state index contributed by atoms with van der Waals surface area (Å²) in [6.45, 7) is 6.16. The van der Waals surface area contributed by atoms with E-state index in [-0.39, 0.29) is 11.5 Å². The molecule has 0 aliphatic heterocycles. The molecule has 1 heterocycles. The van der Waals surface area contributed by atoms with Gasteiger partial charge in [-0.15, -0.1) is 0 Å². The molecular weight excluding hydrogens is 226 g/mol. The topological polar surface area (TPSA) is 64.9 Å². The second kappa shape index (κ2) is 4.90. The zero-order valence-electron chi connectivity index (χ0n) is 11.1. The number of nitrogens with two attached hydrogens (primary N) is 1. The molecule has 1 atom stereocenters. The van der Waals surface area contributed by atoms with Crippen LogP contribution in [0.1, 0.15) is 44.1 Å². The highest BCUT2D eigenvalue weighted by molar-refractivity contribution is 5.19. The largest absolute Gasteiger partial charge is 0.339 e. The van der Waals surface area contributed by atoms with E-state index in [9.17, 15) is 0 Å². The molecule has 18 heavy (non-hydrogen) atoms. The molecule has 4 heteroatoms. The Balaban J connectivity index is 2.08. The first-order valence-electron chi connectivity index (χ1n) is 6.10. The molecule has 1 aromatic carbocycles. The van der Waals surface area contributed by atoms with Gasteiger partial charge in [-0.2, -0.15) is 4.98 Å². The monoisotopic (exact) mass is 245 g/mol.